The molecule has 23 heavy (non-hydrogen) atoms. The van der Waals surface area contributed by atoms with Crippen molar-refractivity contribution in [3.05, 3.63) is 64.7 Å². The average Bonchev–Trinajstić information content (AvgIpc) is 2.60. The number of hydrogen-bond donors (Lipinski definition) is 1. The maximum atomic E-state index is 5.71. The standard InChI is InChI=1S/C21H29NO/c1-5-17-12-13-20(18(6-2)14-17)16(4)22-15-19-10-8-9-11-21(19)23-7-3/h8-14,16,22H,5-7,15H2,1-4H3. The van der Waals surface area contributed by atoms with Gasteiger partial charge in [-0.25, -0.2) is 0 Å². The summed E-state index contributed by atoms with van der Waals surface area (Å²) in [4.78, 5) is 0. The van der Waals surface area contributed by atoms with Crippen molar-refractivity contribution in [3.63, 3.8) is 0 Å². The molecule has 0 heterocycles. The van der Waals surface area contributed by atoms with Gasteiger partial charge in [0.05, 0.1) is 6.61 Å². The van der Waals surface area contributed by atoms with Gasteiger partial charge in [0, 0.05) is 18.2 Å². The highest BCUT2D eigenvalue weighted by molar-refractivity contribution is 5.36. The topological polar surface area (TPSA) is 21.3 Å². The Labute approximate surface area is 140 Å². The molecule has 0 bridgehead atoms. The summed E-state index contributed by atoms with van der Waals surface area (Å²) in [5.41, 5.74) is 5.48. The minimum atomic E-state index is 0.325. The average molecular weight is 311 g/mol. The number of para-hydroxylation sites is 1. The maximum Gasteiger partial charge on any atom is 0.123 e. The van der Waals surface area contributed by atoms with E-state index in [0.717, 1.165) is 25.1 Å². The molecule has 2 aromatic rings. The minimum Gasteiger partial charge on any atom is -0.494 e. The number of hydrogen-bond acceptors (Lipinski definition) is 2. The first-order valence-electron chi connectivity index (χ1n) is 8.75. The van der Waals surface area contributed by atoms with Crippen LogP contribution in [0, 0.1) is 0 Å². The van der Waals surface area contributed by atoms with Crippen LogP contribution in [-0.2, 0) is 19.4 Å². The number of benzene rings is 2. The van der Waals surface area contributed by atoms with Crippen LogP contribution in [-0.4, -0.2) is 6.61 Å². The fraction of sp³-hybridized carbons (Fsp3) is 0.429. The molecule has 2 aromatic carbocycles. The van der Waals surface area contributed by atoms with Crippen molar-refractivity contribution in [2.45, 2.75) is 53.1 Å². The smallest absolute Gasteiger partial charge is 0.123 e. The number of ether oxygens (including phenoxy) is 1. The van der Waals surface area contributed by atoms with Crippen LogP contribution in [0.5, 0.6) is 5.75 Å². The summed E-state index contributed by atoms with van der Waals surface area (Å²) in [5, 5.41) is 3.65. The summed E-state index contributed by atoms with van der Waals surface area (Å²) in [7, 11) is 0. The van der Waals surface area contributed by atoms with E-state index in [1.54, 1.807) is 0 Å². The lowest BCUT2D eigenvalue weighted by Gasteiger charge is -2.19. The highest BCUT2D eigenvalue weighted by atomic mass is 16.5. The van der Waals surface area contributed by atoms with Crippen molar-refractivity contribution in [3.8, 4) is 5.75 Å². The molecule has 0 aliphatic heterocycles. The maximum absolute atomic E-state index is 5.71. The number of aryl methyl sites for hydroxylation is 2. The van der Waals surface area contributed by atoms with Crippen molar-refractivity contribution in [1.29, 1.82) is 0 Å². The molecule has 0 spiro atoms. The van der Waals surface area contributed by atoms with E-state index in [4.69, 9.17) is 4.74 Å². The summed E-state index contributed by atoms with van der Waals surface area (Å²) in [6, 6.07) is 15.5. The van der Waals surface area contributed by atoms with E-state index in [2.05, 4.69) is 56.4 Å². The lowest BCUT2D eigenvalue weighted by molar-refractivity contribution is 0.335. The third-order valence-corrected chi connectivity index (χ3v) is 4.33. The van der Waals surface area contributed by atoms with Gasteiger partial charge in [0.15, 0.2) is 0 Å². The SMILES string of the molecule is CCOc1ccccc1CNC(C)c1ccc(CC)cc1CC. The molecule has 0 aliphatic rings. The van der Waals surface area contributed by atoms with E-state index in [-0.39, 0.29) is 0 Å². The Morgan fingerprint density at radius 2 is 1.74 bits per heavy atom. The van der Waals surface area contributed by atoms with Crippen LogP contribution in [0.4, 0.5) is 0 Å². The van der Waals surface area contributed by atoms with Gasteiger partial charge in [0.2, 0.25) is 0 Å². The second-order valence-electron chi connectivity index (χ2n) is 5.88. The minimum absolute atomic E-state index is 0.325. The van der Waals surface area contributed by atoms with Crippen LogP contribution in [0.2, 0.25) is 0 Å². The largest absolute Gasteiger partial charge is 0.494 e. The van der Waals surface area contributed by atoms with E-state index in [9.17, 15) is 0 Å². The van der Waals surface area contributed by atoms with E-state index in [0.29, 0.717) is 12.6 Å². The number of rotatable bonds is 8. The van der Waals surface area contributed by atoms with E-state index in [1.807, 2.05) is 19.1 Å². The van der Waals surface area contributed by atoms with Gasteiger partial charge in [-0.15, -0.1) is 0 Å². The summed E-state index contributed by atoms with van der Waals surface area (Å²) >= 11 is 0. The first-order valence-corrected chi connectivity index (χ1v) is 8.75. The summed E-state index contributed by atoms with van der Waals surface area (Å²) in [6.45, 7) is 10.2. The van der Waals surface area contributed by atoms with Crippen LogP contribution in [0.3, 0.4) is 0 Å². The van der Waals surface area contributed by atoms with Crippen LogP contribution in [0.25, 0.3) is 0 Å². The Hall–Kier alpha value is -1.80. The van der Waals surface area contributed by atoms with Crippen molar-refractivity contribution in [1.82, 2.24) is 5.32 Å². The molecule has 2 rings (SSSR count). The van der Waals surface area contributed by atoms with Gasteiger partial charge in [0.25, 0.3) is 0 Å². The lowest BCUT2D eigenvalue weighted by atomic mass is 9.96. The molecular weight excluding hydrogens is 282 g/mol. The summed E-state index contributed by atoms with van der Waals surface area (Å²) in [5.74, 6) is 0.978. The molecule has 124 valence electrons. The summed E-state index contributed by atoms with van der Waals surface area (Å²) in [6.07, 6.45) is 2.17. The molecular formula is C21H29NO. The molecule has 1 unspecified atom stereocenters. The highest BCUT2D eigenvalue weighted by Crippen LogP contribution is 2.23. The Kier molecular flexibility index (Phi) is 6.66. The Morgan fingerprint density at radius 3 is 2.43 bits per heavy atom. The van der Waals surface area contributed by atoms with Crippen molar-refractivity contribution >= 4 is 0 Å². The van der Waals surface area contributed by atoms with E-state index in [1.165, 1.54) is 22.3 Å². The molecule has 0 radical (unpaired) electrons. The molecule has 2 heteroatoms. The summed E-state index contributed by atoms with van der Waals surface area (Å²) < 4.78 is 5.71. The molecule has 0 fully saturated rings. The lowest BCUT2D eigenvalue weighted by Crippen LogP contribution is -2.20. The van der Waals surface area contributed by atoms with E-state index >= 15 is 0 Å². The van der Waals surface area contributed by atoms with Crippen molar-refractivity contribution in [2.24, 2.45) is 0 Å². The molecule has 0 amide bonds. The third-order valence-electron chi connectivity index (χ3n) is 4.33. The third kappa shape index (κ3) is 4.59. The zero-order valence-electron chi connectivity index (χ0n) is 14.9. The van der Waals surface area contributed by atoms with Crippen molar-refractivity contribution in [2.75, 3.05) is 6.61 Å². The first kappa shape index (κ1) is 17.6. The molecule has 0 saturated heterocycles. The Bertz CT molecular complexity index is 621. The van der Waals surface area contributed by atoms with Gasteiger partial charge < -0.3 is 10.1 Å². The number of nitrogens with one attached hydrogen (secondary N) is 1. The fourth-order valence-electron chi connectivity index (χ4n) is 2.93. The predicted octanol–water partition coefficient (Wildman–Crippen LogP) is 5.06. The molecule has 2 nitrogen and oxygen atoms in total. The van der Waals surface area contributed by atoms with Crippen LogP contribution >= 0.6 is 0 Å². The van der Waals surface area contributed by atoms with Gasteiger partial charge >= 0.3 is 0 Å². The Balaban J connectivity index is 2.09. The fourth-order valence-corrected chi connectivity index (χ4v) is 2.93. The van der Waals surface area contributed by atoms with Gasteiger partial charge in [-0.3, -0.25) is 0 Å². The second-order valence-corrected chi connectivity index (χ2v) is 5.88. The molecule has 1 N–H and O–H groups in total. The van der Waals surface area contributed by atoms with Gasteiger partial charge in [-0.05, 0) is 49.4 Å². The van der Waals surface area contributed by atoms with Crippen LogP contribution in [0.15, 0.2) is 42.5 Å². The Morgan fingerprint density at radius 1 is 0.957 bits per heavy atom. The van der Waals surface area contributed by atoms with Gasteiger partial charge in [0.1, 0.15) is 5.75 Å². The predicted molar refractivity (Wildman–Crippen MR) is 98.1 cm³/mol. The highest BCUT2D eigenvalue weighted by Gasteiger charge is 2.11. The molecule has 0 aliphatic carbocycles. The quantitative estimate of drug-likeness (QED) is 0.735. The zero-order valence-corrected chi connectivity index (χ0v) is 14.9. The molecule has 1 atom stereocenters. The van der Waals surface area contributed by atoms with Crippen LogP contribution in [0.1, 0.15) is 56.0 Å². The van der Waals surface area contributed by atoms with Gasteiger partial charge in [-0.1, -0.05) is 50.2 Å². The zero-order chi connectivity index (χ0) is 16.7. The molecule has 0 aromatic heterocycles. The molecule has 0 saturated carbocycles. The van der Waals surface area contributed by atoms with Crippen LogP contribution < -0.4 is 10.1 Å². The normalized spacial score (nSPS) is 12.2. The van der Waals surface area contributed by atoms with E-state index < -0.39 is 0 Å². The van der Waals surface area contributed by atoms with Crippen molar-refractivity contribution < 1.29 is 4.74 Å². The van der Waals surface area contributed by atoms with Gasteiger partial charge in [-0.2, -0.15) is 0 Å². The first-order chi connectivity index (χ1) is 11.2. The monoisotopic (exact) mass is 311 g/mol. The second kappa shape index (κ2) is 8.73.